The number of anilines is 1. The Balaban J connectivity index is 1.57. The van der Waals surface area contributed by atoms with Crippen LogP contribution < -0.4 is 10.6 Å². The maximum atomic E-state index is 12.2. The van der Waals surface area contributed by atoms with E-state index >= 15 is 0 Å². The molecule has 0 aromatic carbocycles. The minimum absolute atomic E-state index is 0.0131. The first-order valence-electron chi connectivity index (χ1n) is 7.72. The van der Waals surface area contributed by atoms with Crippen molar-refractivity contribution < 1.29 is 14.1 Å². The van der Waals surface area contributed by atoms with E-state index in [1.165, 1.54) is 12.8 Å². The quantitative estimate of drug-likeness (QED) is 0.879. The van der Waals surface area contributed by atoms with Crippen LogP contribution in [-0.4, -0.2) is 29.4 Å². The number of amides is 2. The summed E-state index contributed by atoms with van der Waals surface area (Å²) in [6.45, 7) is 4.34. The summed E-state index contributed by atoms with van der Waals surface area (Å²) >= 11 is 0. The van der Waals surface area contributed by atoms with Crippen LogP contribution >= 0.6 is 0 Å². The number of aryl methyl sites for hydroxylation is 2. The van der Waals surface area contributed by atoms with Crippen molar-refractivity contribution in [1.29, 1.82) is 0 Å². The fourth-order valence-corrected chi connectivity index (χ4v) is 3.52. The van der Waals surface area contributed by atoms with Gasteiger partial charge in [0.1, 0.15) is 11.4 Å². The molecule has 6 nitrogen and oxygen atoms in total. The molecule has 0 unspecified atom stereocenters. The fourth-order valence-electron chi connectivity index (χ4n) is 3.52. The average Bonchev–Trinajstić information content (AvgIpc) is 3.01. The maximum Gasteiger partial charge on any atom is 0.319 e. The molecule has 2 heterocycles. The molecule has 116 valence electrons. The van der Waals surface area contributed by atoms with Crippen LogP contribution in [-0.2, 0) is 4.74 Å². The monoisotopic (exact) mass is 293 g/mol. The van der Waals surface area contributed by atoms with Crippen LogP contribution in [0.2, 0.25) is 0 Å². The van der Waals surface area contributed by atoms with E-state index in [-0.39, 0.29) is 17.7 Å². The molecule has 1 atom stereocenters. The van der Waals surface area contributed by atoms with Crippen molar-refractivity contribution in [3.63, 3.8) is 0 Å². The van der Waals surface area contributed by atoms with Crippen LogP contribution in [0.4, 0.5) is 10.5 Å². The Kier molecular flexibility index (Phi) is 3.89. The Bertz CT molecular complexity index is 501. The molecular weight excluding hydrogens is 270 g/mol. The molecule has 1 aliphatic heterocycles. The maximum absolute atomic E-state index is 12.2. The SMILES string of the molecule is Cc1noc(C)c1NC(=O)N[C@@H]1CCOC2(CCCC2)C1. The summed E-state index contributed by atoms with van der Waals surface area (Å²) in [5, 5.41) is 9.74. The molecule has 2 aliphatic rings. The highest BCUT2D eigenvalue weighted by Gasteiger charge is 2.40. The highest BCUT2D eigenvalue weighted by Crippen LogP contribution is 2.39. The van der Waals surface area contributed by atoms with Gasteiger partial charge in [-0.25, -0.2) is 4.79 Å². The summed E-state index contributed by atoms with van der Waals surface area (Å²) in [6, 6.07) is -0.0123. The Morgan fingerprint density at radius 3 is 2.76 bits per heavy atom. The highest BCUT2D eigenvalue weighted by atomic mass is 16.5. The van der Waals surface area contributed by atoms with Gasteiger partial charge in [0.15, 0.2) is 5.76 Å². The lowest BCUT2D eigenvalue weighted by Crippen LogP contribution is -2.48. The van der Waals surface area contributed by atoms with E-state index in [1.54, 1.807) is 6.92 Å². The summed E-state index contributed by atoms with van der Waals surface area (Å²) in [5.41, 5.74) is 1.37. The van der Waals surface area contributed by atoms with Gasteiger partial charge in [-0.2, -0.15) is 0 Å². The summed E-state index contributed by atoms with van der Waals surface area (Å²) in [6.07, 6.45) is 6.50. The van der Waals surface area contributed by atoms with Crippen LogP contribution in [0.3, 0.4) is 0 Å². The van der Waals surface area contributed by atoms with Crippen molar-refractivity contribution in [2.24, 2.45) is 0 Å². The zero-order valence-electron chi connectivity index (χ0n) is 12.7. The first kappa shape index (κ1) is 14.4. The number of carbonyl (C=O) groups excluding carboxylic acids is 1. The van der Waals surface area contributed by atoms with Gasteiger partial charge < -0.3 is 19.9 Å². The molecule has 3 rings (SSSR count). The standard InChI is InChI=1S/C15H23N3O3/c1-10-13(11(2)21-18-10)17-14(19)16-12-5-8-20-15(9-12)6-3-4-7-15/h12H,3-9H2,1-2H3,(H2,16,17,19)/t12-/m1/s1. The van der Waals surface area contributed by atoms with Gasteiger partial charge in [0.05, 0.1) is 5.60 Å². The molecule has 6 heteroatoms. The van der Waals surface area contributed by atoms with Crippen molar-refractivity contribution in [2.45, 2.75) is 64.0 Å². The van der Waals surface area contributed by atoms with Crippen molar-refractivity contribution in [3.8, 4) is 0 Å². The van der Waals surface area contributed by atoms with Crippen LogP contribution in [0, 0.1) is 13.8 Å². The molecule has 1 saturated carbocycles. The van der Waals surface area contributed by atoms with Crippen molar-refractivity contribution in [1.82, 2.24) is 10.5 Å². The van der Waals surface area contributed by atoms with E-state index in [0.29, 0.717) is 17.1 Å². The molecule has 1 spiro atoms. The molecule has 1 aliphatic carbocycles. The largest absolute Gasteiger partial charge is 0.375 e. The third-order valence-corrected chi connectivity index (χ3v) is 4.61. The van der Waals surface area contributed by atoms with E-state index in [4.69, 9.17) is 9.26 Å². The zero-order valence-corrected chi connectivity index (χ0v) is 12.7. The van der Waals surface area contributed by atoms with Crippen LogP contribution in [0.1, 0.15) is 50.0 Å². The van der Waals surface area contributed by atoms with Gasteiger partial charge >= 0.3 is 6.03 Å². The molecule has 1 aromatic rings. The number of nitrogens with one attached hydrogen (secondary N) is 2. The normalized spacial score (nSPS) is 24.2. The smallest absolute Gasteiger partial charge is 0.319 e. The zero-order chi connectivity index (χ0) is 14.9. The van der Waals surface area contributed by atoms with E-state index < -0.39 is 0 Å². The van der Waals surface area contributed by atoms with Crippen LogP contribution in [0.25, 0.3) is 0 Å². The first-order valence-corrected chi connectivity index (χ1v) is 7.72. The Morgan fingerprint density at radius 2 is 2.10 bits per heavy atom. The summed E-state index contributed by atoms with van der Waals surface area (Å²) < 4.78 is 11.0. The Labute approximate surface area is 124 Å². The molecule has 0 bridgehead atoms. The Hall–Kier alpha value is -1.56. The lowest BCUT2D eigenvalue weighted by Gasteiger charge is -2.38. The lowest BCUT2D eigenvalue weighted by atomic mass is 9.89. The van der Waals surface area contributed by atoms with Gasteiger partial charge in [0, 0.05) is 12.6 Å². The summed E-state index contributed by atoms with van der Waals surface area (Å²) in [4.78, 5) is 12.2. The predicted molar refractivity (Wildman–Crippen MR) is 78.3 cm³/mol. The van der Waals surface area contributed by atoms with Gasteiger partial charge in [0.25, 0.3) is 0 Å². The van der Waals surface area contributed by atoms with E-state index in [9.17, 15) is 4.79 Å². The van der Waals surface area contributed by atoms with Gasteiger partial charge in [-0.15, -0.1) is 0 Å². The fraction of sp³-hybridized carbons (Fsp3) is 0.733. The average molecular weight is 293 g/mol. The number of carbonyl (C=O) groups is 1. The van der Waals surface area contributed by atoms with Gasteiger partial charge in [-0.05, 0) is 39.5 Å². The molecule has 1 aromatic heterocycles. The molecule has 2 fully saturated rings. The number of rotatable bonds is 2. The second kappa shape index (κ2) is 5.67. The molecular formula is C15H23N3O3. The number of nitrogens with zero attached hydrogens (tertiary/aromatic N) is 1. The van der Waals surface area contributed by atoms with Gasteiger partial charge in [-0.3, -0.25) is 0 Å². The third-order valence-electron chi connectivity index (χ3n) is 4.61. The van der Waals surface area contributed by atoms with Crippen molar-refractivity contribution in [3.05, 3.63) is 11.5 Å². The second-order valence-electron chi connectivity index (χ2n) is 6.23. The minimum atomic E-state index is -0.190. The molecule has 1 saturated heterocycles. The van der Waals surface area contributed by atoms with Gasteiger partial charge in [-0.1, -0.05) is 18.0 Å². The van der Waals surface area contributed by atoms with Crippen LogP contribution in [0.15, 0.2) is 4.52 Å². The summed E-state index contributed by atoms with van der Waals surface area (Å²) in [5.74, 6) is 0.627. The number of aromatic nitrogens is 1. The lowest BCUT2D eigenvalue weighted by molar-refractivity contribution is -0.0818. The number of urea groups is 1. The second-order valence-corrected chi connectivity index (χ2v) is 6.23. The molecule has 0 radical (unpaired) electrons. The topological polar surface area (TPSA) is 76.4 Å². The predicted octanol–water partition coefficient (Wildman–Crippen LogP) is 2.90. The van der Waals surface area contributed by atoms with Crippen LogP contribution in [0.5, 0.6) is 0 Å². The number of hydrogen-bond donors (Lipinski definition) is 2. The minimum Gasteiger partial charge on any atom is -0.375 e. The van der Waals surface area contributed by atoms with E-state index in [2.05, 4.69) is 15.8 Å². The molecule has 2 N–H and O–H groups in total. The third kappa shape index (κ3) is 3.05. The molecule has 2 amide bonds. The first-order chi connectivity index (χ1) is 10.1. The van der Waals surface area contributed by atoms with E-state index in [0.717, 1.165) is 32.3 Å². The highest BCUT2D eigenvalue weighted by molar-refractivity contribution is 5.90. The van der Waals surface area contributed by atoms with Crippen molar-refractivity contribution >= 4 is 11.7 Å². The van der Waals surface area contributed by atoms with Crippen molar-refractivity contribution in [2.75, 3.05) is 11.9 Å². The summed E-state index contributed by atoms with van der Waals surface area (Å²) in [7, 11) is 0. The van der Waals surface area contributed by atoms with E-state index in [1.807, 2.05) is 6.92 Å². The number of ether oxygens (including phenoxy) is 1. The van der Waals surface area contributed by atoms with Gasteiger partial charge in [0.2, 0.25) is 0 Å². The Morgan fingerprint density at radius 1 is 1.33 bits per heavy atom. The number of hydrogen-bond acceptors (Lipinski definition) is 4. The molecule has 21 heavy (non-hydrogen) atoms.